The predicted octanol–water partition coefficient (Wildman–Crippen LogP) is 3.40. The van der Waals surface area contributed by atoms with Crippen molar-refractivity contribution in [3.05, 3.63) is 41.6 Å². The zero-order valence-corrected chi connectivity index (χ0v) is 14.0. The Morgan fingerprint density at radius 1 is 1.17 bits per heavy atom. The van der Waals surface area contributed by atoms with Gasteiger partial charge in [0.25, 0.3) is 5.91 Å². The smallest absolute Gasteiger partial charge is 0.276 e. The molecule has 24 heavy (non-hydrogen) atoms. The first-order chi connectivity index (χ1) is 11.7. The molecular weight excluding hydrogens is 304 g/mol. The van der Waals surface area contributed by atoms with Crippen LogP contribution in [0.25, 0.3) is 0 Å². The second-order valence-electron chi connectivity index (χ2n) is 6.09. The van der Waals surface area contributed by atoms with E-state index < -0.39 is 0 Å². The molecule has 1 aliphatic carbocycles. The number of rotatable bonds is 5. The zero-order chi connectivity index (χ0) is 16.9. The highest BCUT2D eigenvalue weighted by Gasteiger charge is 2.16. The Hall–Kier alpha value is -2.63. The van der Waals surface area contributed by atoms with Crippen molar-refractivity contribution in [2.75, 3.05) is 17.7 Å². The molecule has 0 aliphatic heterocycles. The summed E-state index contributed by atoms with van der Waals surface area (Å²) < 4.78 is 5.27. The summed E-state index contributed by atoms with van der Waals surface area (Å²) in [5.74, 6) is 1.02. The normalized spacial score (nSPS) is 14.4. The molecule has 0 unspecified atom stereocenters. The Morgan fingerprint density at radius 2 is 1.96 bits per heavy atom. The van der Waals surface area contributed by atoms with Crippen LogP contribution in [0.1, 0.15) is 41.7 Å². The van der Waals surface area contributed by atoms with Crippen LogP contribution in [0.5, 0.6) is 5.75 Å². The van der Waals surface area contributed by atoms with E-state index in [0.717, 1.165) is 18.4 Å². The quantitative estimate of drug-likeness (QED) is 0.880. The first-order valence-electron chi connectivity index (χ1n) is 8.22. The van der Waals surface area contributed by atoms with E-state index in [2.05, 4.69) is 20.8 Å². The molecule has 1 heterocycles. The molecule has 3 rings (SSSR count). The summed E-state index contributed by atoms with van der Waals surface area (Å²) in [7, 11) is 1.57. The van der Waals surface area contributed by atoms with Crippen molar-refractivity contribution in [3.8, 4) is 5.75 Å². The van der Waals surface area contributed by atoms with Crippen molar-refractivity contribution in [3.63, 3.8) is 0 Å². The standard InChI is InChI=1S/C18H22N4O2/c1-12-7-9-16(24-2)15(11-12)20-18(23)14-8-10-17(22-21-14)19-13-5-3-4-6-13/h7-11,13H,3-6H2,1-2H3,(H,19,22)(H,20,23). The number of amides is 1. The maximum atomic E-state index is 12.4. The molecule has 0 radical (unpaired) electrons. The summed E-state index contributed by atoms with van der Waals surface area (Å²) in [5, 5.41) is 14.3. The minimum absolute atomic E-state index is 0.274. The Kier molecular flexibility index (Phi) is 4.93. The fourth-order valence-electron chi connectivity index (χ4n) is 2.92. The lowest BCUT2D eigenvalue weighted by Crippen LogP contribution is -2.18. The highest BCUT2D eigenvalue weighted by atomic mass is 16.5. The van der Waals surface area contributed by atoms with Crippen molar-refractivity contribution < 1.29 is 9.53 Å². The molecule has 6 nitrogen and oxygen atoms in total. The zero-order valence-electron chi connectivity index (χ0n) is 14.0. The van der Waals surface area contributed by atoms with Gasteiger partial charge in [-0.3, -0.25) is 4.79 Å². The third kappa shape index (κ3) is 3.82. The van der Waals surface area contributed by atoms with Crippen LogP contribution in [0.15, 0.2) is 30.3 Å². The molecular formula is C18H22N4O2. The van der Waals surface area contributed by atoms with Gasteiger partial charge < -0.3 is 15.4 Å². The monoisotopic (exact) mass is 326 g/mol. The topological polar surface area (TPSA) is 76.1 Å². The number of hydrogen-bond acceptors (Lipinski definition) is 5. The van der Waals surface area contributed by atoms with Crippen LogP contribution in [0.3, 0.4) is 0 Å². The molecule has 2 aromatic rings. The van der Waals surface area contributed by atoms with Gasteiger partial charge in [-0.1, -0.05) is 18.9 Å². The third-order valence-corrected chi connectivity index (χ3v) is 4.21. The Balaban J connectivity index is 1.67. The predicted molar refractivity (Wildman–Crippen MR) is 93.6 cm³/mol. The fraction of sp³-hybridized carbons (Fsp3) is 0.389. The van der Waals surface area contributed by atoms with Gasteiger partial charge in [0.2, 0.25) is 0 Å². The molecule has 1 aliphatic rings. The summed E-state index contributed by atoms with van der Waals surface area (Å²) in [6.07, 6.45) is 4.84. The molecule has 6 heteroatoms. The number of carbonyl (C=O) groups excluding carboxylic acids is 1. The van der Waals surface area contributed by atoms with Gasteiger partial charge >= 0.3 is 0 Å². The SMILES string of the molecule is COc1ccc(C)cc1NC(=O)c1ccc(NC2CCCC2)nn1. The summed E-state index contributed by atoms with van der Waals surface area (Å²) in [6, 6.07) is 9.56. The molecule has 0 spiro atoms. The van der Waals surface area contributed by atoms with Crippen LogP contribution in [-0.2, 0) is 0 Å². The van der Waals surface area contributed by atoms with Crippen LogP contribution < -0.4 is 15.4 Å². The molecule has 1 saturated carbocycles. The summed E-state index contributed by atoms with van der Waals surface area (Å²) in [5.41, 5.74) is 1.93. The van der Waals surface area contributed by atoms with E-state index in [1.807, 2.05) is 25.1 Å². The molecule has 1 fully saturated rings. The summed E-state index contributed by atoms with van der Waals surface area (Å²) in [6.45, 7) is 1.96. The van der Waals surface area contributed by atoms with Gasteiger partial charge in [-0.2, -0.15) is 0 Å². The van der Waals surface area contributed by atoms with Gasteiger partial charge in [0.1, 0.15) is 11.6 Å². The number of aromatic nitrogens is 2. The molecule has 0 bridgehead atoms. The van der Waals surface area contributed by atoms with Crippen molar-refractivity contribution in [2.45, 2.75) is 38.6 Å². The van der Waals surface area contributed by atoms with Crippen molar-refractivity contribution in [1.29, 1.82) is 0 Å². The lowest BCUT2D eigenvalue weighted by molar-refractivity contribution is 0.102. The van der Waals surface area contributed by atoms with Crippen molar-refractivity contribution in [2.24, 2.45) is 0 Å². The summed E-state index contributed by atoms with van der Waals surface area (Å²) >= 11 is 0. The van der Waals surface area contributed by atoms with Crippen LogP contribution in [0, 0.1) is 6.92 Å². The Morgan fingerprint density at radius 3 is 2.62 bits per heavy atom. The number of hydrogen-bond donors (Lipinski definition) is 2. The third-order valence-electron chi connectivity index (χ3n) is 4.21. The lowest BCUT2D eigenvalue weighted by Gasteiger charge is -2.12. The average molecular weight is 326 g/mol. The van der Waals surface area contributed by atoms with Crippen LogP contribution >= 0.6 is 0 Å². The van der Waals surface area contributed by atoms with E-state index >= 15 is 0 Å². The molecule has 126 valence electrons. The van der Waals surface area contributed by atoms with E-state index in [9.17, 15) is 4.79 Å². The van der Waals surface area contributed by atoms with Crippen LogP contribution in [0.2, 0.25) is 0 Å². The van der Waals surface area contributed by atoms with Gasteiger partial charge in [0, 0.05) is 6.04 Å². The molecule has 0 saturated heterocycles. The van der Waals surface area contributed by atoms with Crippen molar-refractivity contribution >= 4 is 17.4 Å². The highest BCUT2D eigenvalue weighted by Crippen LogP contribution is 2.25. The average Bonchev–Trinajstić information content (AvgIpc) is 3.09. The molecule has 1 amide bonds. The largest absolute Gasteiger partial charge is 0.495 e. The summed E-state index contributed by atoms with van der Waals surface area (Å²) in [4.78, 5) is 12.4. The molecule has 1 aromatic heterocycles. The number of aryl methyl sites for hydroxylation is 1. The maximum Gasteiger partial charge on any atom is 0.276 e. The number of nitrogens with zero attached hydrogens (tertiary/aromatic N) is 2. The van der Waals surface area contributed by atoms with Gasteiger partial charge in [-0.25, -0.2) is 0 Å². The minimum Gasteiger partial charge on any atom is -0.495 e. The van der Waals surface area contributed by atoms with Crippen LogP contribution in [0.4, 0.5) is 11.5 Å². The van der Waals surface area contributed by atoms with Gasteiger partial charge in [0.15, 0.2) is 5.69 Å². The van der Waals surface area contributed by atoms with Gasteiger partial charge in [-0.05, 0) is 49.6 Å². The fourth-order valence-corrected chi connectivity index (χ4v) is 2.92. The van der Waals surface area contributed by atoms with E-state index in [4.69, 9.17) is 4.74 Å². The molecule has 2 N–H and O–H groups in total. The lowest BCUT2D eigenvalue weighted by atomic mass is 10.2. The number of ether oxygens (including phenoxy) is 1. The number of nitrogens with one attached hydrogen (secondary N) is 2. The van der Waals surface area contributed by atoms with E-state index in [0.29, 0.717) is 23.3 Å². The molecule has 0 atom stereocenters. The number of carbonyl (C=O) groups is 1. The Labute approximate surface area is 141 Å². The Bertz CT molecular complexity index is 709. The maximum absolute atomic E-state index is 12.4. The van der Waals surface area contributed by atoms with Gasteiger partial charge in [0.05, 0.1) is 12.8 Å². The number of methoxy groups -OCH3 is 1. The number of benzene rings is 1. The number of anilines is 2. The highest BCUT2D eigenvalue weighted by molar-refractivity contribution is 6.03. The first kappa shape index (κ1) is 16.2. The van der Waals surface area contributed by atoms with E-state index in [-0.39, 0.29) is 11.6 Å². The van der Waals surface area contributed by atoms with Crippen molar-refractivity contribution in [1.82, 2.24) is 10.2 Å². The van der Waals surface area contributed by atoms with Gasteiger partial charge in [-0.15, -0.1) is 10.2 Å². The molecule has 1 aromatic carbocycles. The second-order valence-corrected chi connectivity index (χ2v) is 6.09. The second kappa shape index (κ2) is 7.29. The van der Waals surface area contributed by atoms with Crippen LogP contribution in [-0.4, -0.2) is 29.3 Å². The van der Waals surface area contributed by atoms with E-state index in [1.165, 1.54) is 12.8 Å². The minimum atomic E-state index is -0.307. The van der Waals surface area contributed by atoms with E-state index in [1.54, 1.807) is 19.2 Å². The first-order valence-corrected chi connectivity index (χ1v) is 8.22.